The summed E-state index contributed by atoms with van der Waals surface area (Å²) in [5.41, 5.74) is 1.35. The molecule has 1 N–H and O–H groups in total. The molecule has 0 bridgehead atoms. The number of benzene rings is 2. The van der Waals surface area contributed by atoms with Gasteiger partial charge in [-0.05, 0) is 30.5 Å². The van der Waals surface area contributed by atoms with Crippen molar-refractivity contribution in [3.05, 3.63) is 47.5 Å². The summed E-state index contributed by atoms with van der Waals surface area (Å²) >= 11 is 0. The Hall–Kier alpha value is -3.22. The van der Waals surface area contributed by atoms with Gasteiger partial charge in [-0.2, -0.15) is 0 Å². The van der Waals surface area contributed by atoms with E-state index in [2.05, 4.69) is 5.32 Å². The van der Waals surface area contributed by atoms with Crippen molar-refractivity contribution in [2.45, 2.75) is 32.3 Å². The van der Waals surface area contributed by atoms with Gasteiger partial charge in [-0.1, -0.05) is 25.0 Å². The number of hydrogen-bond donors (Lipinski definition) is 1. The summed E-state index contributed by atoms with van der Waals surface area (Å²) in [6.07, 6.45) is 3.79. The molecule has 2 aromatic carbocycles. The molecule has 0 spiro atoms. The number of nitrogens with one attached hydrogen (secondary N) is 1. The Morgan fingerprint density at radius 1 is 0.967 bits per heavy atom. The Morgan fingerprint density at radius 2 is 1.67 bits per heavy atom. The number of methoxy groups -OCH3 is 3. The van der Waals surface area contributed by atoms with Crippen LogP contribution in [0.2, 0.25) is 0 Å². The van der Waals surface area contributed by atoms with E-state index in [-0.39, 0.29) is 24.0 Å². The van der Waals surface area contributed by atoms with Crippen LogP contribution in [0.25, 0.3) is 0 Å². The van der Waals surface area contributed by atoms with Gasteiger partial charge >= 0.3 is 5.97 Å². The van der Waals surface area contributed by atoms with Crippen molar-refractivity contribution in [1.29, 1.82) is 0 Å². The topological polar surface area (TPSA) is 83.1 Å². The van der Waals surface area contributed by atoms with E-state index in [1.165, 1.54) is 20.3 Å². The number of carbonyl (C=O) groups excluding carboxylic acids is 2. The van der Waals surface area contributed by atoms with Gasteiger partial charge in [0.15, 0.2) is 11.5 Å². The first-order valence-electron chi connectivity index (χ1n) is 9.92. The molecule has 3 rings (SSSR count). The number of hydrogen-bond acceptors (Lipinski definition) is 6. The van der Waals surface area contributed by atoms with E-state index < -0.39 is 5.97 Å². The second-order valence-corrected chi connectivity index (χ2v) is 7.15. The third-order valence-corrected chi connectivity index (χ3v) is 5.23. The molecule has 7 nitrogen and oxygen atoms in total. The molecule has 0 atom stereocenters. The van der Waals surface area contributed by atoms with Crippen LogP contribution in [0.15, 0.2) is 36.4 Å². The van der Waals surface area contributed by atoms with Crippen LogP contribution in [0.1, 0.15) is 41.6 Å². The number of carbonyl (C=O) groups is 2. The highest BCUT2D eigenvalue weighted by atomic mass is 16.5. The van der Waals surface area contributed by atoms with Crippen LogP contribution in [0.4, 0.5) is 5.69 Å². The minimum absolute atomic E-state index is 0.0428. The standard InChI is InChI=1S/C23H27NO6/c1-27-17-10-6-7-15(11-17)14-30-23(26)18-12-20(28-2)21(29-3)13-19(18)24-22(25)16-8-4-5-9-16/h6-7,10-13,16H,4-5,8-9,14H2,1-3H3,(H,24,25). The van der Waals surface area contributed by atoms with Crippen LogP contribution in [0.5, 0.6) is 17.2 Å². The van der Waals surface area contributed by atoms with Crippen molar-refractivity contribution in [1.82, 2.24) is 0 Å². The molecule has 0 aromatic heterocycles. The summed E-state index contributed by atoms with van der Waals surface area (Å²) < 4.78 is 21.3. The fourth-order valence-electron chi connectivity index (χ4n) is 3.56. The van der Waals surface area contributed by atoms with Crippen LogP contribution >= 0.6 is 0 Å². The summed E-state index contributed by atoms with van der Waals surface area (Å²) in [5.74, 6) is 0.772. The molecule has 1 saturated carbocycles. The third-order valence-electron chi connectivity index (χ3n) is 5.23. The van der Waals surface area contributed by atoms with E-state index in [0.717, 1.165) is 31.2 Å². The molecule has 1 aliphatic carbocycles. The Balaban J connectivity index is 1.82. The summed E-state index contributed by atoms with van der Waals surface area (Å²) in [7, 11) is 4.56. The highest BCUT2D eigenvalue weighted by Gasteiger charge is 2.25. The Bertz CT molecular complexity index is 905. The molecule has 1 amide bonds. The van der Waals surface area contributed by atoms with Crippen molar-refractivity contribution in [2.24, 2.45) is 5.92 Å². The van der Waals surface area contributed by atoms with Crippen LogP contribution in [0.3, 0.4) is 0 Å². The van der Waals surface area contributed by atoms with Crippen molar-refractivity contribution in [3.8, 4) is 17.2 Å². The number of amides is 1. The number of esters is 1. The molecular weight excluding hydrogens is 386 g/mol. The number of anilines is 1. The minimum Gasteiger partial charge on any atom is -0.497 e. The SMILES string of the molecule is COc1cccc(COC(=O)c2cc(OC)c(OC)cc2NC(=O)C2CCCC2)c1. The van der Waals surface area contributed by atoms with Crippen molar-refractivity contribution in [3.63, 3.8) is 0 Å². The lowest BCUT2D eigenvalue weighted by atomic mass is 10.1. The first-order chi connectivity index (χ1) is 14.5. The van der Waals surface area contributed by atoms with Crippen molar-refractivity contribution < 1.29 is 28.5 Å². The van der Waals surface area contributed by atoms with E-state index in [4.69, 9.17) is 18.9 Å². The molecule has 7 heteroatoms. The van der Waals surface area contributed by atoms with E-state index in [1.54, 1.807) is 19.2 Å². The summed E-state index contributed by atoms with van der Waals surface area (Å²) in [6, 6.07) is 10.4. The zero-order chi connectivity index (χ0) is 21.5. The zero-order valence-electron chi connectivity index (χ0n) is 17.5. The average Bonchev–Trinajstić information content (AvgIpc) is 3.32. The molecule has 1 aliphatic rings. The largest absolute Gasteiger partial charge is 0.497 e. The van der Waals surface area contributed by atoms with Gasteiger partial charge < -0.3 is 24.3 Å². The van der Waals surface area contributed by atoms with Crippen LogP contribution < -0.4 is 19.5 Å². The van der Waals surface area contributed by atoms with Gasteiger partial charge in [0.05, 0.1) is 32.6 Å². The highest BCUT2D eigenvalue weighted by Crippen LogP contribution is 2.35. The summed E-state index contributed by atoms with van der Waals surface area (Å²) in [5, 5.41) is 2.88. The molecule has 30 heavy (non-hydrogen) atoms. The molecule has 2 aromatic rings. The van der Waals surface area contributed by atoms with Gasteiger partial charge in [0.2, 0.25) is 5.91 Å². The Labute approximate surface area is 176 Å². The second kappa shape index (κ2) is 10.0. The van der Waals surface area contributed by atoms with Gasteiger partial charge in [0, 0.05) is 18.1 Å². The highest BCUT2D eigenvalue weighted by molar-refractivity contribution is 6.02. The normalized spacial score (nSPS) is 13.6. The maximum Gasteiger partial charge on any atom is 0.340 e. The van der Waals surface area contributed by atoms with Gasteiger partial charge in [-0.3, -0.25) is 4.79 Å². The summed E-state index contributed by atoms with van der Waals surface area (Å²) in [6.45, 7) is 0.0698. The lowest BCUT2D eigenvalue weighted by molar-refractivity contribution is -0.119. The molecule has 0 saturated heterocycles. The first-order valence-corrected chi connectivity index (χ1v) is 9.92. The molecule has 0 aliphatic heterocycles. The zero-order valence-corrected chi connectivity index (χ0v) is 17.5. The van der Waals surface area contributed by atoms with E-state index in [9.17, 15) is 9.59 Å². The fraction of sp³-hybridized carbons (Fsp3) is 0.391. The van der Waals surface area contributed by atoms with Crippen LogP contribution in [-0.4, -0.2) is 33.2 Å². The quantitative estimate of drug-likeness (QED) is 0.653. The Kier molecular flexibility index (Phi) is 7.17. The van der Waals surface area contributed by atoms with Crippen molar-refractivity contribution in [2.75, 3.05) is 26.6 Å². The molecular formula is C23H27NO6. The van der Waals surface area contributed by atoms with Crippen LogP contribution in [0, 0.1) is 5.92 Å². The first kappa shape index (κ1) is 21.5. The lowest BCUT2D eigenvalue weighted by Crippen LogP contribution is -2.22. The fourth-order valence-corrected chi connectivity index (χ4v) is 3.56. The monoisotopic (exact) mass is 413 g/mol. The van der Waals surface area contributed by atoms with Crippen LogP contribution in [-0.2, 0) is 16.1 Å². The smallest absolute Gasteiger partial charge is 0.340 e. The average molecular weight is 413 g/mol. The van der Waals surface area contributed by atoms with E-state index >= 15 is 0 Å². The van der Waals surface area contributed by atoms with Crippen molar-refractivity contribution >= 4 is 17.6 Å². The molecule has 0 radical (unpaired) electrons. The third kappa shape index (κ3) is 5.03. The van der Waals surface area contributed by atoms with Gasteiger partial charge in [0.25, 0.3) is 0 Å². The molecule has 1 fully saturated rings. The Morgan fingerprint density at radius 3 is 2.33 bits per heavy atom. The lowest BCUT2D eigenvalue weighted by Gasteiger charge is -2.17. The van der Waals surface area contributed by atoms with Gasteiger partial charge in [0.1, 0.15) is 12.4 Å². The molecule has 160 valence electrons. The van der Waals surface area contributed by atoms with Gasteiger partial charge in [-0.15, -0.1) is 0 Å². The predicted molar refractivity (Wildman–Crippen MR) is 112 cm³/mol. The number of ether oxygens (including phenoxy) is 4. The molecule has 0 unspecified atom stereocenters. The predicted octanol–water partition coefficient (Wildman–Crippen LogP) is 4.20. The molecule has 0 heterocycles. The van der Waals surface area contributed by atoms with E-state index in [0.29, 0.717) is 22.9 Å². The maximum absolute atomic E-state index is 12.9. The summed E-state index contributed by atoms with van der Waals surface area (Å²) in [4.78, 5) is 25.5. The second-order valence-electron chi connectivity index (χ2n) is 7.15. The minimum atomic E-state index is -0.569. The maximum atomic E-state index is 12.9. The van der Waals surface area contributed by atoms with E-state index in [1.807, 2.05) is 18.2 Å². The number of rotatable bonds is 8. The van der Waals surface area contributed by atoms with Gasteiger partial charge in [-0.25, -0.2) is 4.79 Å².